The number of alkyl halides is 1. The van der Waals surface area contributed by atoms with E-state index in [4.69, 9.17) is 11.6 Å². The van der Waals surface area contributed by atoms with Crippen molar-refractivity contribution in [3.05, 3.63) is 0 Å². The van der Waals surface area contributed by atoms with Gasteiger partial charge >= 0.3 is 0 Å². The van der Waals surface area contributed by atoms with Crippen LogP contribution in [0.2, 0.25) is 0 Å². The van der Waals surface area contributed by atoms with Gasteiger partial charge in [-0.1, -0.05) is 37.5 Å². The molecule has 0 saturated carbocycles. The summed E-state index contributed by atoms with van der Waals surface area (Å²) in [5.41, 5.74) is 0. The highest BCUT2D eigenvalue weighted by Crippen LogP contribution is 2.05. The smallest absolute Gasteiger partial charge is 0.0943 e. The van der Waals surface area contributed by atoms with E-state index in [2.05, 4.69) is 30.6 Å². The first-order valence-corrected chi connectivity index (χ1v) is 4.77. The molecular weight excluding hydrogens is 168 g/mol. The van der Waals surface area contributed by atoms with Crippen LogP contribution in [-0.2, 0) is 0 Å². The highest BCUT2D eigenvalue weighted by molar-refractivity contribution is 6.22. The van der Waals surface area contributed by atoms with Crippen LogP contribution in [0.3, 0.4) is 0 Å². The number of hydrogen-bond acceptors (Lipinski definition) is 0. The van der Waals surface area contributed by atoms with Gasteiger partial charge in [0.25, 0.3) is 0 Å². The highest BCUT2D eigenvalue weighted by Gasteiger charge is 1.96. The normalized spacial score (nSPS) is 10.6. The molecule has 0 aliphatic carbocycles. The number of halogens is 1. The minimum Gasteiger partial charge on any atom is -0.109 e. The molecule has 0 fully saturated rings. The summed E-state index contributed by atoms with van der Waals surface area (Å²) in [6, 6.07) is 0. The molecule has 0 radical (unpaired) electrons. The molecule has 0 aromatic heterocycles. The zero-order valence-electron chi connectivity index (χ0n) is 7.78. The SMILES string of the molecule is CC#CCC#CC(Cl)CCCC. The zero-order chi connectivity index (χ0) is 9.23. The molecule has 0 nitrogen and oxygen atoms in total. The molecule has 0 spiro atoms. The van der Waals surface area contributed by atoms with E-state index in [0.717, 1.165) is 12.8 Å². The van der Waals surface area contributed by atoms with Crippen molar-refractivity contribution in [1.82, 2.24) is 0 Å². The van der Waals surface area contributed by atoms with Crippen molar-refractivity contribution in [3.8, 4) is 23.7 Å². The van der Waals surface area contributed by atoms with Crippen molar-refractivity contribution in [2.75, 3.05) is 0 Å². The van der Waals surface area contributed by atoms with Crippen LogP contribution in [0.4, 0.5) is 0 Å². The quantitative estimate of drug-likeness (QED) is 0.465. The maximum absolute atomic E-state index is 5.92. The number of hydrogen-bond donors (Lipinski definition) is 0. The Balaban J connectivity index is 3.53. The zero-order valence-corrected chi connectivity index (χ0v) is 8.54. The van der Waals surface area contributed by atoms with Gasteiger partial charge in [0.15, 0.2) is 0 Å². The summed E-state index contributed by atoms with van der Waals surface area (Å²) < 4.78 is 0. The Labute approximate surface area is 80.7 Å². The Hall–Kier alpha value is -0.590. The van der Waals surface area contributed by atoms with Crippen LogP contribution in [0.15, 0.2) is 0 Å². The Morgan fingerprint density at radius 1 is 1.33 bits per heavy atom. The molecule has 0 bridgehead atoms. The first-order valence-electron chi connectivity index (χ1n) is 4.33. The van der Waals surface area contributed by atoms with Crippen LogP contribution >= 0.6 is 11.6 Å². The van der Waals surface area contributed by atoms with E-state index in [1.165, 1.54) is 6.42 Å². The fourth-order valence-corrected chi connectivity index (χ4v) is 0.981. The summed E-state index contributed by atoms with van der Waals surface area (Å²) in [6.45, 7) is 3.97. The fraction of sp³-hybridized carbons (Fsp3) is 0.636. The molecule has 0 aliphatic heterocycles. The second-order valence-corrected chi connectivity index (χ2v) is 3.06. The predicted molar refractivity (Wildman–Crippen MR) is 55.0 cm³/mol. The van der Waals surface area contributed by atoms with Crippen molar-refractivity contribution in [2.45, 2.75) is 44.9 Å². The Morgan fingerprint density at radius 2 is 2.08 bits per heavy atom. The lowest BCUT2D eigenvalue weighted by molar-refractivity contribution is 0.741. The molecule has 0 aliphatic rings. The summed E-state index contributed by atoms with van der Waals surface area (Å²) in [5.74, 6) is 11.6. The van der Waals surface area contributed by atoms with Gasteiger partial charge in [-0.3, -0.25) is 0 Å². The van der Waals surface area contributed by atoms with Crippen molar-refractivity contribution in [1.29, 1.82) is 0 Å². The first kappa shape index (κ1) is 11.4. The fourth-order valence-electron chi connectivity index (χ4n) is 0.750. The molecule has 0 saturated heterocycles. The van der Waals surface area contributed by atoms with E-state index < -0.39 is 0 Å². The van der Waals surface area contributed by atoms with Crippen LogP contribution in [-0.4, -0.2) is 5.38 Å². The van der Waals surface area contributed by atoms with Crippen LogP contribution < -0.4 is 0 Å². The Kier molecular flexibility index (Phi) is 8.09. The van der Waals surface area contributed by atoms with Crippen molar-refractivity contribution in [2.24, 2.45) is 0 Å². The van der Waals surface area contributed by atoms with Gasteiger partial charge in [-0.25, -0.2) is 0 Å². The van der Waals surface area contributed by atoms with Crippen LogP contribution in [0.1, 0.15) is 39.5 Å². The van der Waals surface area contributed by atoms with E-state index in [-0.39, 0.29) is 5.38 Å². The third-order valence-electron chi connectivity index (χ3n) is 1.42. The van der Waals surface area contributed by atoms with Crippen LogP contribution in [0.25, 0.3) is 0 Å². The topological polar surface area (TPSA) is 0 Å². The monoisotopic (exact) mass is 182 g/mol. The van der Waals surface area contributed by atoms with E-state index in [1.807, 2.05) is 6.92 Å². The first-order chi connectivity index (χ1) is 5.81. The third-order valence-corrected chi connectivity index (χ3v) is 1.75. The molecule has 0 rings (SSSR count). The summed E-state index contributed by atoms with van der Waals surface area (Å²) in [4.78, 5) is 0. The van der Waals surface area contributed by atoms with E-state index in [9.17, 15) is 0 Å². The lowest BCUT2D eigenvalue weighted by Crippen LogP contribution is -1.92. The Bertz CT molecular complexity index is 209. The van der Waals surface area contributed by atoms with Gasteiger partial charge in [-0.05, 0) is 13.3 Å². The average molecular weight is 183 g/mol. The highest BCUT2D eigenvalue weighted by atomic mass is 35.5. The maximum atomic E-state index is 5.92. The molecule has 1 unspecified atom stereocenters. The van der Waals surface area contributed by atoms with Crippen LogP contribution in [0.5, 0.6) is 0 Å². The number of unbranched alkanes of at least 4 members (excludes halogenated alkanes) is 1. The molecule has 66 valence electrons. The second-order valence-electron chi connectivity index (χ2n) is 2.53. The van der Waals surface area contributed by atoms with Crippen LogP contribution in [0, 0.1) is 23.7 Å². The van der Waals surface area contributed by atoms with E-state index >= 15 is 0 Å². The van der Waals surface area contributed by atoms with Crippen molar-refractivity contribution >= 4 is 11.6 Å². The second kappa shape index (κ2) is 8.51. The molecule has 12 heavy (non-hydrogen) atoms. The molecule has 0 aromatic carbocycles. The molecule has 0 heterocycles. The van der Waals surface area contributed by atoms with Gasteiger partial charge in [-0.2, -0.15) is 0 Å². The molecule has 0 N–H and O–H groups in total. The van der Waals surface area contributed by atoms with Gasteiger partial charge in [0.2, 0.25) is 0 Å². The standard InChI is InChI=1S/C11H15Cl/c1-3-5-7-8-10-11(12)9-6-4-2/h11H,4,6-7,9H2,1-2H3. The lowest BCUT2D eigenvalue weighted by atomic mass is 10.2. The Morgan fingerprint density at radius 3 is 2.67 bits per heavy atom. The minimum atomic E-state index is 0.0172. The van der Waals surface area contributed by atoms with E-state index in [1.54, 1.807) is 0 Å². The molecule has 0 aromatic rings. The van der Waals surface area contributed by atoms with Crippen molar-refractivity contribution < 1.29 is 0 Å². The minimum absolute atomic E-state index is 0.0172. The molecular formula is C11H15Cl. The van der Waals surface area contributed by atoms with Crippen molar-refractivity contribution in [3.63, 3.8) is 0 Å². The average Bonchev–Trinajstić information content (AvgIpc) is 2.09. The summed E-state index contributed by atoms with van der Waals surface area (Å²) in [6.07, 6.45) is 3.97. The largest absolute Gasteiger partial charge is 0.109 e. The third kappa shape index (κ3) is 7.52. The molecule has 0 amide bonds. The van der Waals surface area contributed by atoms with Gasteiger partial charge in [0.1, 0.15) is 0 Å². The van der Waals surface area contributed by atoms with E-state index in [0.29, 0.717) is 6.42 Å². The summed E-state index contributed by atoms with van der Waals surface area (Å²) in [7, 11) is 0. The summed E-state index contributed by atoms with van der Waals surface area (Å²) in [5, 5.41) is 0.0172. The van der Waals surface area contributed by atoms with Gasteiger partial charge in [0, 0.05) is 0 Å². The van der Waals surface area contributed by atoms with Gasteiger partial charge in [-0.15, -0.1) is 17.5 Å². The van der Waals surface area contributed by atoms with Gasteiger partial charge < -0.3 is 0 Å². The maximum Gasteiger partial charge on any atom is 0.0943 e. The summed E-state index contributed by atoms with van der Waals surface area (Å²) >= 11 is 5.92. The molecule has 1 heteroatoms. The lowest BCUT2D eigenvalue weighted by Gasteiger charge is -1.97. The van der Waals surface area contributed by atoms with Gasteiger partial charge in [0.05, 0.1) is 11.8 Å². The predicted octanol–water partition coefficient (Wildman–Crippen LogP) is 3.20. The number of rotatable bonds is 3. The molecule has 1 atom stereocenters.